The van der Waals surface area contributed by atoms with Crippen molar-refractivity contribution in [3.63, 3.8) is 0 Å². The van der Waals surface area contributed by atoms with Gasteiger partial charge in [-0.15, -0.1) is 0 Å². The number of hydrogen-bond acceptors (Lipinski definition) is 4. The minimum Gasteiger partial charge on any atom is -0.489 e. The molecule has 3 rings (SSSR count). The van der Waals surface area contributed by atoms with Crippen LogP contribution in [0.2, 0.25) is 5.02 Å². The minimum absolute atomic E-state index is 0.0252. The number of carbonyl (C=O) groups is 3. The van der Waals surface area contributed by atoms with Crippen LogP contribution < -0.4 is 15.0 Å². The van der Waals surface area contributed by atoms with Crippen LogP contribution in [0, 0.1) is 5.82 Å². The molecule has 0 spiro atoms. The zero-order chi connectivity index (χ0) is 21.1. The molecule has 1 aliphatic heterocycles. The third-order valence-electron chi connectivity index (χ3n) is 4.37. The highest BCUT2D eigenvalue weighted by atomic mass is 35.5. The minimum atomic E-state index is -1.02. The molecule has 1 aliphatic rings. The third kappa shape index (κ3) is 4.30. The molecule has 6 nitrogen and oxygen atoms in total. The second kappa shape index (κ2) is 8.45. The number of imide groups is 2. The molecule has 0 aliphatic carbocycles. The van der Waals surface area contributed by atoms with Gasteiger partial charge in [-0.3, -0.25) is 14.9 Å². The van der Waals surface area contributed by atoms with E-state index in [1.165, 1.54) is 30.3 Å². The number of urea groups is 1. The average Bonchev–Trinajstić information content (AvgIpc) is 2.68. The van der Waals surface area contributed by atoms with Crippen LogP contribution in [-0.2, 0) is 9.59 Å². The number of anilines is 1. The fourth-order valence-electron chi connectivity index (χ4n) is 2.68. The van der Waals surface area contributed by atoms with Gasteiger partial charge in [-0.1, -0.05) is 36.7 Å². The summed E-state index contributed by atoms with van der Waals surface area (Å²) in [5.74, 6) is -2.09. The van der Waals surface area contributed by atoms with Gasteiger partial charge in [0.15, 0.2) is 0 Å². The van der Waals surface area contributed by atoms with Gasteiger partial charge in [-0.25, -0.2) is 14.1 Å². The molecule has 0 radical (unpaired) electrons. The molecule has 0 bridgehead atoms. The van der Waals surface area contributed by atoms with Gasteiger partial charge >= 0.3 is 6.03 Å². The van der Waals surface area contributed by atoms with Crippen LogP contribution in [0.25, 0.3) is 6.08 Å². The maximum atomic E-state index is 14.1. The molecular weight excluding hydrogens is 399 g/mol. The summed E-state index contributed by atoms with van der Waals surface area (Å²) >= 11 is 6.24. The zero-order valence-corrected chi connectivity index (χ0v) is 16.5. The highest BCUT2D eigenvalue weighted by Gasteiger charge is 2.37. The Bertz CT molecular complexity index is 1020. The SMILES string of the molecule is CC[C@H](C)Oc1ccc(/C=C2\C(=O)NC(=O)N(c3ccccc3F)C2=O)cc1Cl. The third-order valence-corrected chi connectivity index (χ3v) is 4.66. The topological polar surface area (TPSA) is 75.7 Å². The number of rotatable bonds is 5. The number of nitrogens with zero attached hydrogens (tertiary/aromatic N) is 1. The number of halogens is 2. The average molecular weight is 417 g/mol. The molecule has 1 atom stereocenters. The molecule has 1 N–H and O–H groups in total. The van der Waals surface area contributed by atoms with E-state index in [0.29, 0.717) is 21.2 Å². The van der Waals surface area contributed by atoms with Gasteiger partial charge in [0.05, 0.1) is 16.8 Å². The zero-order valence-electron chi connectivity index (χ0n) is 15.7. The van der Waals surface area contributed by atoms with Gasteiger partial charge < -0.3 is 4.74 Å². The lowest BCUT2D eigenvalue weighted by Gasteiger charge is -2.26. The van der Waals surface area contributed by atoms with E-state index >= 15 is 0 Å². The number of barbiturate groups is 1. The van der Waals surface area contributed by atoms with Gasteiger partial charge in [0.1, 0.15) is 17.1 Å². The fourth-order valence-corrected chi connectivity index (χ4v) is 2.91. The predicted molar refractivity (Wildman–Crippen MR) is 107 cm³/mol. The second-order valence-electron chi connectivity index (χ2n) is 6.44. The summed E-state index contributed by atoms with van der Waals surface area (Å²) in [6, 6.07) is 9.08. The molecule has 2 aromatic rings. The summed E-state index contributed by atoms with van der Waals surface area (Å²) in [6.45, 7) is 3.89. The van der Waals surface area contributed by atoms with Crippen molar-refractivity contribution in [2.45, 2.75) is 26.4 Å². The van der Waals surface area contributed by atoms with Gasteiger partial charge in [0, 0.05) is 0 Å². The van der Waals surface area contributed by atoms with Crippen molar-refractivity contribution in [1.82, 2.24) is 5.32 Å². The first-order valence-corrected chi connectivity index (χ1v) is 9.31. The summed E-state index contributed by atoms with van der Waals surface area (Å²) in [7, 11) is 0. The largest absolute Gasteiger partial charge is 0.489 e. The molecule has 4 amide bonds. The Balaban J connectivity index is 1.95. The predicted octanol–water partition coefficient (Wildman–Crippen LogP) is 4.32. The van der Waals surface area contributed by atoms with Crippen molar-refractivity contribution in [2.24, 2.45) is 0 Å². The monoisotopic (exact) mass is 416 g/mol. The van der Waals surface area contributed by atoms with Gasteiger partial charge in [0.2, 0.25) is 0 Å². The summed E-state index contributed by atoms with van der Waals surface area (Å²) in [5.41, 5.74) is -0.115. The Labute approximate surface area is 171 Å². The number of para-hydroxylation sites is 1. The van der Waals surface area contributed by atoms with Gasteiger partial charge in [-0.05, 0) is 49.2 Å². The van der Waals surface area contributed by atoms with Crippen LogP contribution in [0.4, 0.5) is 14.9 Å². The van der Waals surface area contributed by atoms with Gasteiger partial charge in [-0.2, -0.15) is 0 Å². The number of amides is 4. The van der Waals surface area contributed by atoms with E-state index in [4.69, 9.17) is 16.3 Å². The Kier molecular flexibility index (Phi) is 5.98. The van der Waals surface area contributed by atoms with Crippen molar-refractivity contribution in [1.29, 1.82) is 0 Å². The van der Waals surface area contributed by atoms with E-state index in [9.17, 15) is 18.8 Å². The number of hydrogen-bond donors (Lipinski definition) is 1. The molecule has 0 unspecified atom stereocenters. The summed E-state index contributed by atoms with van der Waals surface area (Å²) < 4.78 is 19.8. The Morgan fingerprint density at radius 2 is 1.93 bits per heavy atom. The van der Waals surface area contributed by atoms with Crippen LogP contribution in [0.1, 0.15) is 25.8 Å². The van der Waals surface area contributed by atoms with E-state index < -0.39 is 23.7 Å². The van der Waals surface area contributed by atoms with E-state index in [2.05, 4.69) is 5.32 Å². The number of carbonyl (C=O) groups excluding carboxylic acids is 3. The van der Waals surface area contributed by atoms with Crippen molar-refractivity contribution in [2.75, 3.05) is 4.90 Å². The second-order valence-corrected chi connectivity index (χ2v) is 6.84. The van der Waals surface area contributed by atoms with Crippen molar-refractivity contribution >= 4 is 41.2 Å². The normalized spacial score (nSPS) is 16.8. The van der Waals surface area contributed by atoms with Crippen LogP contribution in [0.15, 0.2) is 48.0 Å². The lowest BCUT2D eigenvalue weighted by molar-refractivity contribution is -0.122. The van der Waals surface area contributed by atoms with E-state index in [1.54, 1.807) is 12.1 Å². The summed E-state index contributed by atoms with van der Waals surface area (Å²) in [6.07, 6.45) is 2.07. The fraction of sp³-hybridized carbons (Fsp3) is 0.190. The van der Waals surface area contributed by atoms with Crippen molar-refractivity contribution < 1.29 is 23.5 Å². The molecule has 1 heterocycles. The number of nitrogens with one attached hydrogen (secondary N) is 1. The van der Waals surface area contributed by atoms with Crippen LogP contribution in [-0.4, -0.2) is 23.9 Å². The lowest BCUT2D eigenvalue weighted by Crippen LogP contribution is -2.54. The first kappa shape index (κ1) is 20.5. The number of benzene rings is 2. The van der Waals surface area contributed by atoms with Gasteiger partial charge in [0.25, 0.3) is 11.8 Å². The van der Waals surface area contributed by atoms with Crippen LogP contribution >= 0.6 is 11.6 Å². The first-order chi connectivity index (χ1) is 13.8. The molecule has 29 heavy (non-hydrogen) atoms. The Morgan fingerprint density at radius 3 is 2.59 bits per heavy atom. The van der Waals surface area contributed by atoms with Crippen molar-refractivity contribution in [3.05, 3.63) is 64.4 Å². The maximum absolute atomic E-state index is 14.1. The molecule has 0 saturated carbocycles. The molecular formula is C21H18ClFN2O4. The van der Waals surface area contributed by atoms with Crippen LogP contribution in [0.3, 0.4) is 0 Å². The van der Waals surface area contributed by atoms with Crippen molar-refractivity contribution in [3.8, 4) is 5.75 Å². The molecule has 1 fully saturated rings. The molecule has 8 heteroatoms. The lowest BCUT2D eigenvalue weighted by atomic mass is 10.1. The van der Waals surface area contributed by atoms with E-state index in [1.807, 2.05) is 13.8 Å². The molecule has 2 aromatic carbocycles. The standard InChI is InChI=1S/C21H18ClFN2O4/c1-3-12(2)29-18-9-8-13(11-15(18)22)10-14-19(26)24-21(28)25(20(14)27)17-7-5-4-6-16(17)23/h4-12H,3H2,1-2H3,(H,24,26,28)/b14-10+/t12-/m0/s1. The Hall–Kier alpha value is -3.19. The quantitative estimate of drug-likeness (QED) is 0.581. The van der Waals surface area contributed by atoms with E-state index in [-0.39, 0.29) is 17.4 Å². The van der Waals surface area contributed by atoms with Crippen LogP contribution in [0.5, 0.6) is 5.75 Å². The number of ether oxygens (including phenoxy) is 1. The first-order valence-electron chi connectivity index (χ1n) is 8.94. The molecule has 150 valence electrons. The highest BCUT2D eigenvalue weighted by molar-refractivity contribution is 6.39. The highest BCUT2D eigenvalue weighted by Crippen LogP contribution is 2.29. The molecule has 0 aromatic heterocycles. The summed E-state index contributed by atoms with van der Waals surface area (Å²) in [5, 5.41) is 2.36. The summed E-state index contributed by atoms with van der Waals surface area (Å²) in [4.78, 5) is 37.7. The molecule has 1 saturated heterocycles. The Morgan fingerprint density at radius 1 is 1.21 bits per heavy atom. The maximum Gasteiger partial charge on any atom is 0.336 e. The van der Waals surface area contributed by atoms with E-state index in [0.717, 1.165) is 12.5 Å². The smallest absolute Gasteiger partial charge is 0.336 e.